The van der Waals surface area contributed by atoms with Crippen molar-refractivity contribution in [3.8, 4) is 5.75 Å². The number of nitrogens with zero attached hydrogens (tertiary/aromatic N) is 1. The smallest absolute Gasteiger partial charge is 0.267 e. The van der Waals surface area contributed by atoms with E-state index in [0.29, 0.717) is 19.4 Å². The van der Waals surface area contributed by atoms with Crippen LogP contribution in [0.15, 0.2) is 46.0 Å². The van der Waals surface area contributed by atoms with Crippen LogP contribution in [0.3, 0.4) is 0 Å². The van der Waals surface area contributed by atoms with Gasteiger partial charge in [-0.1, -0.05) is 5.16 Å². The van der Waals surface area contributed by atoms with Gasteiger partial charge in [0.25, 0.3) is 5.91 Å². The molecule has 1 aliphatic rings. The van der Waals surface area contributed by atoms with Crippen molar-refractivity contribution in [1.29, 1.82) is 0 Å². The van der Waals surface area contributed by atoms with E-state index < -0.39 is 5.60 Å². The lowest BCUT2D eigenvalue weighted by Crippen LogP contribution is -2.45. The van der Waals surface area contributed by atoms with E-state index in [1.807, 2.05) is 43.3 Å². The Morgan fingerprint density at radius 1 is 1.28 bits per heavy atom. The van der Waals surface area contributed by atoms with E-state index >= 15 is 0 Å². The van der Waals surface area contributed by atoms with E-state index in [9.17, 15) is 4.79 Å². The first-order valence-corrected chi connectivity index (χ1v) is 8.23. The fourth-order valence-electron chi connectivity index (χ4n) is 2.71. The molecule has 0 fully saturated rings. The van der Waals surface area contributed by atoms with Gasteiger partial charge in [-0.2, -0.15) is 0 Å². The van der Waals surface area contributed by atoms with E-state index in [0.717, 1.165) is 28.5 Å². The van der Waals surface area contributed by atoms with Gasteiger partial charge in [0.1, 0.15) is 17.3 Å². The van der Waals surface area contributed by atoms with E-state index in [1.165, 1.54) is 0 Å². The van der Waals surface area contributed by atoms with Gasteiger partial charge in [-0.3, -0.25) is 4.79 Å². The van der Waals surface area contributed by atoms with Crippen molar-refractivity contribution >= 4 is 11.6 Å². The van der Waals surface area contributed by atoms with Crippen molar-refractivity contribution in [1.82, 2.24) is 5.32 Å². The zero-order valence-corrected chi connectivity index (χ0v) is 14.7. The number of aryl methyl sites for hydroxylation is 1. The first-order valence-electron chi connectivity index (χ1n) is 8.23. The van der Waals surface area contributed by atoms with E-state index in [1.54, 1.807) is 14.0 Å². The molecule has 1 N–H and O–H groups in total. The van der Waals surface area contributed by atoms with Gasteiger partial charge in [-0.15, -0.1) is 0 Å². The van der Waals surface area contributed by atoms with Gasteiger partial charge in [0.05, 0.1) is 12.8 Å². The van der Waals surface area contributed by atoms with Gasteiger partial charge in [-0.25, -0.2) is 0 Å². The Balaban J connectivity index is 1.54. The van der Waals surface area contributed by atoms with Crippen LogP contribution >= 0.6 is 0 Å². The lowest BCUT2D eigenvalue weighted by molar-refractivity contribution is -0.141. The molecule has 0 bridgehead atoms. The molecule has 0 unspecified atom stereocenters. The molecule has 25 heavy (non-hydrogen) atoms. The third kappa shape index (κ3) is 3.84. The standard InChI is InChI=1S/C19H22N2O4/c1-13-4-7-16(24-13)10-11-20-18(22)19(2)12-17(21-25-19)14-5-8-15(23-3)9-6-14/h4-9H,10-12H2,1-3H3,(H,20,22)/t19-/m0/s1. The average molecular weight is 342 g/mol. The molecule has 1 aliphatic heterocycles. The maximum absolute atomic E-state index is 12.5. The molecule has 2 heterocycles. The summed E-state index contributed by atoms with van der Waals surface area (Å²) in [5.41, 5.74) is 0.680. The molecule has 0 spiro atoms. The molecule has 1 aromatic heterocycles. The third-order valence-electron chi connectivity index (χ3n) is 4.22. The van der Waals surface area contributed by atoms with Crippen molar-refractivity contribution in [2.75, 3.05) is 13.7 Å². The normalized spacial score (nSPS) is 19.2. The van der Waals surface area contributed by atoms with Crippen LogP contribution in [0.5, 0.6) is 5.75 Å². The summed E-state index contributed by atoms with van der Waals surface area (Å²) in [6.07, 6.45) is 1.06. The SMILES string of the molecule is COc1ccc(C2=NO[C@](C)(C(=O)NCCc3ccc(C)o3)C2)cc1. The van der Waals surface area contributed by atoms with Gasteiger partial charge >= 0.3 is 0 Å². The average Bonchev–Trinajstić information content (AvgIpc) is 3.22. The Morgan fingerprint density at radius 3 is 2.68 bits per heavy atom. The lowest BCUT2D eigenvalue weighted by atomic mass is 9.95. The predicted molar refractivity (Wildman–Crippen MR) is 93.8 cm³/mol. The molecule has 0 aliphatic carbocycles. The number of amides is 1. The van der Waals surface area contributed by atoms with Gasteiger partial charge < -0.3 is 19.3 Å². The first-order chi connectivity index (χ1) is 12.0. The Labute approximate surface area is 146 Å². The van der Waals surface area contributed by atoms with Crippen LogP contribution in [0.2, 0.25) is 0 Å². The molecule has 3 rings (SSSR count). The summed E-state index contributed by atoms with van der Waals surface area (Å²) in [4.78, 5) is 17.9. The van der Waals surface area contributed by atoms with Crippen molar-refractivity contribution in [2.24, 2.45) is 5.16 Å². The summed E-state index contributed by atoms with van der Waals surface area (Å²) >= 11 is 0. The van der Waals surface area contributed by atoms with Crippen molar-refractivity contribution in [3.05, 3.63) is 53.5 Å². The van der Waals surface area contributed by atoms with Crippen LogP contribution in [0, 0.1) is 6.92 Å². The Bertz CT molecular complexity index is 779. The summed E-state index contributed by atoms with van der Waals surface area (Å²) in [6.45, 7) is 4.13. The van der Waals surface area contributed by atoms with E-state index in [-0.39, 0.29) is 5.91 Å². The zero-order chi connectivity index (χ0) is 17.9. The molecule has 1 aromatic carbocycles. The van der Waals surface area contributed by atoms with E-state index in [2.05, 4.69) is 10.5 Å². The number of benzene rings is 1. The number of hydrogen-bond acceptors (Lipinski definition) is 5. The van der Waals surface area contributed by atoms with Crippen LogP contribution < -0.4 is 10.1 Å². The second-order valence-electron chi connectivity index (χ2n) is 6.28. The van der Waals surface area contributed by atoms with Gasteiger partial charge in [0.2, 0.25) is 5.60 Å². The number of rotatable bonds is 6. The van der Waals surface area contributed by atoms with Crippen molar-refractivity contribution in [3.63, 3.8) is 0 Å². The topological polar surface area (TPSA) is 73.1 Å². The number of carbonyl (C=O) groups excluding carboxylic acids is 1. The van der Waals surface area contributed by atoms with Gasteiger partial charge in [0, 0.05) is 19.4 Å². The summed E-state index contributed by atoms with van der Waals surface area (Å²) in [7, 11) is 1.62. The quantitative estimate of drug-likeness (QED) is 0.876. The molecule has 0 saturated carbocycles. The van der Waals surface area contributed by atoms with Crippen LogP contribution in [0.1, 0.15) is 30.4 Å². The third-order valence-corrected chi connectivity index (χ3v) is 4.22. The van der Waals surface area contributed by atoms with Crippen molar-refractivity contribution < 1.29 is 18.8 Å². The minimum absolute atomic E-state index is 0.178. The highest BCUT2D eigenvalue weighted by Gasteiger charge is 2.42. The molecule has 0 saturated heterocycles. The number of hydrogen-bond donors (Lipinski definition) is 1. The second kappa shape index (κ2) is 7.01. The minimum atomic E-state index is -0.992. The molecule has 1 amide bonds. The maximum atomic E-state index is 12.5. The lowest BCUT2D eigenvalue weighted by Gasteiger charge is -2.20. The van der Waals surface area contributed by atoms with Crippen LogP contribution in [-0.4, -0.2) is 30.9 Å². The summed E-state index contributed by atoms with van der Waals surface area (Å²) in [5, 5.41) is 7.00. The number of furan rings is 1. The summed E-state index contributed by atoms with van der Waals surface area (Å²) in [5.74, 6) is 2.32. The number of oxime groups is 1. The Hall–Kier alpha value is -2.76. The van der Waals surface area contributed by atoms with Crippen LogP contribution in [0.25, 0.3) is 0 Å². The monoisotopic (exact) mass is 342 g/mol. The Kier molecular flexibility index (Phi) is 4.79. The summed E-state index contributed by atoms with van der Waals surface area (Å²) < 4.78 is 10.6. The number of carbonyl (C=O) groups is 1. The minimum Gasteiger partial charge on any atom is -0.497 e. The predicted octanol–water partition coefficient (Wildman–Crippen LogP) is 2.84. The highest BCUT2D eigenvalue weighted by molar-refractivity contribution is 6.05. The van der Waals surface area contributed by atoms with Gasteiger partial charge in [-0.05, 0) is 55.8 Å². The molecular formula is C19H22N2O4. The number of ether oxygens (including phenoxy) is 1. The highest BCUT2D eigenvalue weighted by Crippen LogP contribution is 2.27. The molecule has 6 nitrogen and oxygen atoms in total. The Morgan fingerprint density at radius 2 is 2.04 bits per heavy atom. The number of nitrogens with one attached hydrogen (secondary N) is 1. The molecule has 2 aromatic rings. The molecular weight excluding hydrogens is 320 g/mol. The molecule has 0 radical (unpaired) electrons. The second-order valence-corrected chi connectivity index (χ2v) is 6.28. The highest BCUT2D eigenvalue weighted by atomic mass is 16.7. The van der Waals surface area contributed by atoms with E-state index in [4.69, 9.17) is 14.0 Å². The van der Waals surface area contributed by atoms with Crippen LogP contribution in [-0.2, 0) is 16.1 Å². The van der Waals surface area contributed by atoms with Crippen LogP contribution in [0.4, 0.5) is 0 Å². The maximum Gasteiger partial charge on any atom is 0.267 e. The largest absolute Gasteiger partial charge is 0.497 e. The first kappa shape index (κ1) is 17.1. The zero-order valence-electron chi connectivity index (χ0n) is 14.7. The van der Waals surface area contributed by atoms with Crippen molar-refractivity contribution in [2.45, 2.75) is 32.3 Å². The molecule has 132 valence electrons. The number of methoxy groups -OCH3 is 1. The molecule has 6 heteroatoms. The van der Waals surface area contributed by atoms with Gasteiger partial charge in [0.15, 0.2) is 0 Å². The molecule has 1 atom stereocenters. The summed E-state index contributed by atoms with van der Waals surface area (Å²) in [6, 6.07) is 11.4. The fourth-order valence-corrected chi connectivity index (χ4v) is 2.71. The fraction of sp³-hybridized carbons (Fsp3) is 0.368.